The van der Waals surface area contributed by atoms with E-state index in [1.807, 2.05) is 20.9 Å². The van der Waals surface area contributed by atoms with Crippen LogP contribution in [0.25, 0.3) is 21.3 Å². The van der Waals surface area contributed by atoms with E-state index in [0.29, 0.717) is 24.2 Å². The van der Waals surface area contributed by atoms with Crippen LogP contribution in [0.5, 0.6) is 0 Å². The van der Waals surface area contributed by atoms with Gasteiger partial charge in [0, 0.05) is 30.0 Å². The van der Waals surface area contributed by atoms with Crippen molar-refractivity contribution in [3.63, 3.8) is 0 Å². The predicted octanol–water partition coefficient (Wildman–Crippen LogP) is 5.46. The van der Waals surface area contributed by atoms with E-state index >= 15 is 0 Å². The number of rotatable bonds is 12. The fraction of sp³-hybridized carbons (Fsp3) is 1.00. The molecular formula is C18H40CoN4O-4. The third-order valence-corrected chi connectivity index (χ3v) is 3.03. The zero-order valence-electron chi connectivity index (χ0n) is 17.2. The van der Waals surface area contributed by atoms with Crippen LogP contribution in [0.1, 0.15) is 61.8 Å². The molecule has 0 aromatic heterocycles. The van der Waals surface area contributed by atoms with Crippen molar-refractivity contribution < 1.29 is 21.5 Å². The third kappa shape index (κ3) is 24.6. The van der Waals surface area contributed by atoms with E-state index in [2.05, 4.69) is 62.8 Å². The second kappa shape index (κ2) is 19.6. The molecule has 0 aliphatic rings. The monoisotopic (exact) mass is 387 g/mol. The van der Waals surface area contributed by atoms with Crippen LogP contribution in [0, 0.1) is 0 Å². The standard InChI is InChI=1S/C10H22N2O.C8H18N2.Co/c1-5-13-7-6-12-10(3)8-9(2)11-4;1-6(2)9-8(5)10-7(3)4;/h9-10H,5-8H2,1-4H3;6-8H,1-5H3;/q2*-2;. The van der Waals surface area contributed by atoms with Crippen molar-refractivity contribution >= 4 is 0 Å². The molecule has 0 aromatic rings. The van der Waals surface area contributed by atoms with Crippen LogP contribution in [0.2, 0.25) is 0 Å². The first-order chi connectivity index (χ1) is 10.7. The summed E-state index contributed by atoms with van der Waals surface area (Å²) in [5, 5.41) is 17.3. The zero-order chi connectivity index (χ0) is 18.3. The molecule has 0 aromatic carbocycles. The van der Waals surface area contributed by atoms with Crippen molar-refractivity contribution in [2.24, 2.45) is 0 Å². The summed E-state index contributed by atoms with van der Waals surface area (Å²) in [7, 11) is 1.86. The SMILES string of the molecule is CC(C)[N-]C(C)[N-]C(C)C.CCOCC[N-]C(C)CC(C)[N-]C.[Co]. The molecule has 0 spiro atoms. The van der Waals surface area contributed by atoms with Gasteiger partial charge in [0.15, 0.2) is 0 Å². The largest absolute Gasteiger partial charge is 0.676 e. The first-order valence-electron chi connectivity index (χ1n) is 8.96. The van der Waals surface area contributed by atoms with Crippen molar-refractivity contribution in [2.75, 3.05) is 26.8 Å². The van der Waals surface area contributed by atoms with E-state index < -0.39 is 0 Å². The van der Waals surface area contributed by atoms with Crippen LogP contribution in [0.15, 0.2) is 0 Å². The molecule has 0 fully saturated rings. The molecule has 6 heteroatoms. The average Bonchev–Trinajstić information content (AvgIpc) is 2.42. The van der Waals surface area contributed by atoms with Crippen LogP contribution < -0.4 is 0 Å². The first-order valence-corrected chi connectivity index (χ1v) is 8.96. The van der Waals surface area contributed by atoms with Crippen LogP contribution >= 0.6 is 0 Å². The van der Waals surface area contributed by atoms with E-state index in [0.717, 1.165) is 26.2 Å². The summed E-state index contributed by atoms with van der Waals surface area (Å²) >= 11 is 0. The maximum atomic E-state index is 5.20. The number of hydrogen-bond donors (Lipinski definition) is 0. The fourth-order valence-corrected chi connectivity index (χ4v) is 2.06. The van der Waals surface area contributed by atoms with Crippen LogP contribution in [0.3, 0.4) is 0 Å². The van der Waals surface area contributed by atoms with Crippen molar-refractivity contribution in [2.45, 2.75) is 92.1 Å². The molecule has 5 nitrogen and oxygen atoms in total. The predicted molar refractivity (Wildman–Crippen MR) is 104 cm³/mol. The van der Waals surface area contributed by atoms with Crippen molar-refractivity contribution in [3.8, 4) is 0 Å². The van der Waals surface area contributed by atoms with Crippen molar-refractivity contribution in [1.29, 1.82) is 0 Å². The Kier molecular flexibility index (Phi) is 23.8. The summed E-state index contributed by atoms with van der Waals surface area (Å²) in [5.74, 6) is 0. The van der Waals surface area contributed by atoms with E-state index in [-0.39, 0.29) is 22.9 Å². The topological polar surface area (TPSA) is 65.6 Å². The summed E-state index contributed by atoms with van der Waals surface area (Å²) in [5.41, 5.74) is 0. The van der Waals surface area contributed by atoms with Gasteiger partial charge >= 0.3 is 0 Å². The molecule has 1 radical (unpaired) electrons. The van der Waals surface area contributed by atoms with Gasteiger partial charge in [-0.2, -0.15) is 7.05 Å². The smallest absolute Gasteiger partial charge is 0.0436 e. The summed E-state index contributed by atoms with van der Waals surface area (Å²) in [4.78, 5) is 0. The van der Waals surface area contributed by atoms with Gasteiger partial charge in [0.1, 0.15) is 0 Å². The van der Waals surface area contributed by atoms with Crippen LogP contribution in [-0.2, 0) is 21.5 Å². The molecule has 0 aliphatic heterocycles. The minimum absolute atomic E-state index is 0. The Bertz CT molecular complexity index is 233. The molecule has 0 saturated carbocycles. The minimum Gasteiger partial charge on any atom is -0.676 e. The molecule has 0 amide bonds. The molecule has 0 rings (SSSR count). The Labute approximate surface area is 162 Å². The zero-order valence-corrected chi connectivity index (χ0v) is 18.3. The summed E-state index contributed by atoms with van der Waals surface area (Å²) in [6.45, 7) is 18.9. The van der Waals surface area contributed by atoms with E-state index in [1.54, 1.807) is 0 Å². The fourth-order valence-electron chi connectivity index (χ4n) is 2.06. The van der Waals surface area contributed by atoms with Gasteiger partial charge in [-0.15, -0.1) is 37.6 Å². The second-order valence-electron chi connectivity index (χ2n) is 6.41. The Morgan fingerprint density at radius 3 is 1.71 bits per heavy atom. The Morgan fingerprint density at radius 2 is 1.33 bits per heavy atom. The van der Waals surface area contributed by atoms with Gasteiger partial charge in [-0.05, 0) is 6.92 Å². The van der Waals surface area contributed by atoms with Gasteiger partial charge in [-0.1, -0.05) is 48.0 Å². The third-order valence-electron chi connectivity index (χ3n) is 3.03. The number of hydrogen-bond acceptors (Lipinski definition) is 1. The van der Waals surface area contributed by atoms with Crippen LogP contribution in [-0.4, -0.2) is 57.1 Å². The van der Waals surface area contributed by atoms with Crippen molar-refractivity contribution in [3.05, 3.63) is 21.3 Å². The number of nitrogens with zero attached hydrogens (tertiary/aromatic N) is 4. The first kappa shape index (κ1) is 29.1. The quantitative estimate of drug-likeness (QED) is 0.410. The normalized spacial score (nSPS) is 13.5. The van der Waals surface area contributed by atoms with Gasteiger partial charge in [0.25, 0.3) is 0 Å². The number of ether oxygens (including phenoxy) is 1. The summed E-state index contributed by atoms with van der Waals surface area (Å²) in [6.07, 6.45) is 1.21. The maximum absolute atomic E-state index is 5.20. The second-order valence-corrected chi connectivity index (χ2v) is 6.41. The maximum Gasteiger partial charge on any atom is 0.0436 e. The van der Waals surface area contributed by atoms with Gasteiger partial charge in [0.05, 0.1) is 0 Å². The van der Waals surface area contributed by atoms with Gasteiger partial charge in [-0.25, -0.2) is 6.17 Å². The molecule has 2 unspecified atom stereocenters. The van der Waals surface area contributed by atoms with E-state index in [1.165, 1.54) is 0 Å². The van der Waals surface area contributed by atoms with E-state index in [9.17, 15) is 0 Å². The Balaban J connectivity index is -0.000000364. The summed E-state index contributed by atoms with van der Waals surface area (Å²) in [6, 6.07) is 1.62. The molecule has 0 saturated heterocycles. The van der Waals surface area contributed by atoms with Gasteiger partial charge in [-0.3, -0.25) is 0 Å². The average molecular weight is 387 g/mol. The molecule has 0 heterocycles. The van der Waals surface area contributed by atoms with Gasteiger partial charge < -0.3 is 26.0 Å². The molecule has 24 heavy (non-hydrogen) atoms. The molecule has 0 N–H and O–H groups in total. The molecule has 0 aliphatic carbocycles. The van der Waals surface area contributed by atoms with Crippen LogP contribution in [0.4, 0.5) is 0 Å². The molecule has 0 bridgehead atoms. The Morgan fingerprint density at radius 1 is 0.833 bits per heavy atom. The molecule has 151 valence electrons. The minimum atomic E-state index is 0. The Hall–Kier alpha value is 0.306. The molecule has 2 atom stereocenters. The van der Waals surface area contributed by atoms with Gasteiger partial charge in [0.2, 0.25) is 0 Å². The van der Waals surface area contributed by atoms with E-state index in [4.69, 9.17) is 4.74 Å². The van der Waals surface area contributed by atoms with Crippen molar-refractivity contribution in [1.82, 2.24) is 0 Å². The molecular weight excluding hydrogens is 347 g/mol. The summed E-state index contributed by atoms with van der Waals surface area (Å²) < 4.78 is 5.20.